The Morgan fingerprint density at radius 2 is 1.76 bits per heavy atom. The smallest absolute Gasteiger partial charge is 0.427 e. The van der Waals surface area contributed by atoms with E-state index in [9.17, 15) is 27.6 Å². The summed E-state index contributed by atoms with van der Waals surface area (Å²) in [6.07, 6.45) is -5.98. The Kier molecular flexibility index (Phi) is 7.90. The molecule has 1 unspecified atom stereocenters. The number of hydrogen-bond acceptors (Lipinski definition) is 6. The number of esters is 1. The fourth-order valence-electron chi connectivity index (χ4n) is 3.63. The minimum atomic E-state index is -5.46. The second-order valence-corrected chi connectivity index (χ2v) is 8.69. The molecule has 0 aliphatic carbocycles. The zero-order valence-corrected chi connectivity index (χ0v) is 19.9. The van der Waals surface area contributed by atoms with Crippen molar-refractivity contribution >= 4 is 23.0 Å². The molecule has 0 saturated carbocycles. The number of amides is 1. The van der Waals surface area contributed by atoms with Crippen molar-refractivity contribution in [2.75, 3.05) is 14.2 Å². The van der Waals surface area contributed by atoms with Crippen LogP contribution in [0.4, 0.5) is 18.0 Å². The molecular weight excluding hydrogens is 457 g/mol. The number of alkyl carbamates (subject to hydrolysis) is 1. The van der Waals surface area contributed by atoms with Crippen molar-refractivity contribution in [3.05, 3.63) is 39.7 Å². The molecule has 8 nitrogen and oxygen atoms in total. The third-order valence-electron chi connectivity index (χ3n) is 5.09. The lowest BCUT2D eigenvalue weighted by molar-refractivity contribution is -0.214. The number of carbonyl (C=O) groups is 2. The zero-order chi connectivity index (χ0) is 25.9. The number of pyridine rings is 1. The summed E-state index contributed by atoms with van der Waals surface area (Å²) in [6, 6.07) is 4.49. The van der Waals surface area contributed by atoms with Crippen molar-refractivity contribution in [3.8, 4) is 5.75 Å². The van der Waals surface area contributed by atoms with Crippen molar-refractivity contribution < 1.29 is 37.0 Å². The lowest BCUT2D eigenvalue weighted by Gasteiger charge is -2.35. The van der Waals surface area contributed by atoms with Crippen LogP contribution < -0.4 is 15.6 Å². The molecule has 1 aromatic carbocycles. The average Bonchev–Trinajstić information content (AvgIpc) is 2.72. The number of unbranched alkanes of at least 4 members (excludes halogenated alkanes) is 1. The van der Waals surface area contributed by atoms with Crippen LogP contribution in [0.1, 0.15) is 51.7 Å². The highest BCUT2D eigenvalue weighted by Crippen LogP contribution is 2.42. The Bertz CT molecular complexity index is 1120. The van der Waals surface area contributed by atoms with Crippen LogP contribution in [0, 0.1) is 0 Å². The minimum Gasteiger partial charge on any atom is -0.497 e. The Morgan fingerprint density at radius 1 is 1.12 bits per heavy atom. The van der Waals surface area contributed by atoms with E-state index in [-0.39, 0.29) is 22.9 Å². The topological polar surface area (TPSA) is 107 Å². The normalized spacial score (nSPS) is 13.8. The van der Waals surface area contributed by atoms with E-state index in [0.717, 1.165) is 7.11 Å². The van der Waals surface area contributed by atoms with E-state index < -0.39 is 40.5 Å². The number of fused-ring (bicyclic) bond motifs is 1. The summed E-state index contributed by atoms with van der Waals surface area (Å²) in [5.74, 6) is -1.55. The summed E-state index contributed by atoms with van der Waals surface area (Å²) in [5, 5.41) is 1.87. The first-order valence-corrected chi connectivity index (χ1v) is 10.6. The van der Waals surface area contributed by atoms with E-state index >= 15 is 0 Å². The first-order valence-electron chi connectivity index (χ1n) is 10.6. The number of halogens is 3. The maximum atomic E-state index is 14.8. The Morgan fingerprint density at radius 3 is 2.26 bits per heavy atom. The van der Waals surface area contributed by atoms with E-state index in [1.54, 1.807) is 5.32 Å². The number of carbonyl (C=O) groups excluding carboxylic acids is 2. The Hall–Kier alpha value is -3.24. The maximum Gasteiger partial charge on any atom is 0.427 e. The van der Waals surface area contributed by atoms with Crippen LogP contribution in [-0.2, 0) is 26.2 Å². The van der Waals surface area contributed by atoms with Gasteiger partial charge in [0, 0.05) is 10.9 Å². The lowest BCUT2D eigenvalue weighted by atomic mass is 9.83. The van der Waals surface area contributed by atoms with Crippen LogP contribution in [0.15, 0.2) is 23.0 Å². The molecule has 2 N–H and O–H groups in total. The first kappa shape index (κ1) is 27.0. The van der Waals surface area contributed by atoms with E-state index in [2.05, 4.69) is 9.72 Å². The van der Waals surface area contributed by atoms with Crippen LogP contribution >= 0.6 is 0 Å². The predicted octanol–water partition coefficient (Wildman–Crippen LogP) is 4.33. The number of aromatic amines is 1. The van der Waals surface area contributed by atoms with Gasteiger partial charge < -0.3 is 19.2 Å². The molecule has 0 bridgehead atoms. The quantitative estimate of drug-likeness (QED) is 0.564. The summed E-state index contributed by atoms with van der Waals surface area (Å²) >= 11 is 0. The third-order valence-corrected chi connectivity index (χ3v) is 5.09. The van der Waals surface area contributed by atoms with Gasteiger partial charge in [-0.1, -0.05) is 13.3 Å². The monoisotopic (exact) mass is 486 g/mol. The molecule has 0 radical (unpaired) electrons. The third kappa shape index (κ3) is 5.28. The molecule has 0 aliphatic heterocycles. The number of ether oxygens (including phenoxy) is 3. The second kappa shape index (κ2) is 9.94. The number of nitrogens with one attached hydrogen (secondary N) is 2. The van der Waals surface area contributed by atoms with Crippen molar-refractivity contribution in [2.45, 2.75) is 64.3 Å². The first-order chi connectivity index (χ1) is 15.7. The number of benzene rings is 1. The van der Waals surface area contributed by atoms with Crippen LogP contribution in [0.2, 0.25) is 0 Å². The van der Waals surface area contributed by atoms with E-state index in [0.29, 0.717) is 18.6 Å². The number of methoxy groups -OCH3 is 2. The van der Waals surface area contributed by atoms with Crippen LogP contribution in [-0.4, -0.2) is 43.0 Å². The van der Waals surface area contributed by atoms with Gasteiger partial charge in [-0.05, 0) is 57.4 Å². The van der Waals surface area contributed by atoms with Gasteiger partial charge in [-0.15, -0.1) is 0 Å². The zero-order valence-electron chi connectivity index (χ0n) is 19.9. The van der Waals surface area contributed by atoms with Gasteiger partial charge >= 0.3 is 18.2 Å². The second-order valence-electron chi connectivity index (χ2n) is 8.69. The molecule has 34 heavy (non-hydrogen) atoms. The number of alkyl halides is 3. The molecule has 2 aromatic rings. The summed E-state index contributed by atoms with van der Waals surface area (Å²) < 4.78 is 59.0. The predicted molar refractivity (Wildman–Crippen MR) is 119 cm³/mol. The van der Waals surface area contributed by atoms with Gasteiger partial charge in [0.2, 0.25) is 0 Å². The van der Waals surface area contributed by atoms with Crippen LogP contribution in [0.5, 0.6) is 5.75 Å². The number of H-pyrrole nitrogens is 1. The van der Waals surface area contributed by atoms with Crippen LogP contribution in [0.25, 0.3) is 10.9 Å². The molecule has 0 spiro atoms. The minimum absolute atomic E-state index is 0.0181. The van der Waals surface area contributed by atoms with Gasteiger partial charge in [0.05, 0.1) is 19.8 Å². The largest absolute Gasteiger partial charge is 0.497 e. The summed E-state index contributed by atoms with van der Waals surface area (Å²) in [7, 11) is 2.13. The Labute approximate surface area is 194 Å². The van der Waals surface area contributed by atoms with Crippen molar-refractivity contribution in [1.82, 2.24) is 10.3 Å². The van der Waals surface area contributed by atoms with Gasteiger partial charge in [-0.3, -0.25) is 10.1 Å². The van der Waals surface area contributed by atoms with E-state index in [1.165, 1.54) is 46.1 Å². The van der Waals surface area contributed by atoms with Gasteiger partial charge in [-0.25, -0.2) is 9.59 Å². The molecule has 0 fully saturated rings. The van der Waals surface area contributed by atoms with Gasteiger partial charge in [0.1, 0.15) is 11.4 Å². The van der Waals surface area contributed by atoms with Gasteiger partial charge in [0.15, 0.2) is 0 Å². The fourth-order valence-corrected chi connectivity index (χ4v) is 3.63. The van der Waals surface area contributed by atoms with E-state index in [1.807, 2.05) is 6.92 Å². The van der Waals surface area contributed by atoms with E-state index in [4.69, 9.17) is 9.47 Å². The molecule has 1 amide bonds. The number of aryl methyl sites for hydroxylation is 1. The summed E-state index contributed by atoms with van der Waals surface area (Å²) in [4.78, 5) is 40.9. The molecule has 1 atom stereocenters. The van der Waals surface area contributed by atoms with Crippen molar-refractivity contribution in [3.63, 3.8) is 0 Å². The molecule has 0 aliphatic rings. The highest BCUT2D eigenvalue weighted by Gasteiger charge is 2.66. The fraction of sp³-hybridized carbons (Fsp3) is 0.522. The van der Waals surface area contributed by atoms with Gasteiger partial charge in [-0.2, -0.15) is 13.2 Å². The average molecular weight is 486 g/mol. The molecular formula is C23H29F3N2O6. The van der Waals surface area contributed by atoms with Crippen molar-refractivity contribution in [2.24, 2.45) is 0 Å². The Balaban J connectivity index is 3.01. The number of hydrogen-bond donors (Lipinski definition) is 2. The molecule has 0 saturated heterocycles. The molecule has 1 aromatic heterocycles. The van der Waals surface area contributed by atoms with Crippen molar-refractivity contribution in [1.29, 1.82) is 0 Å². The highest BCUT2D eigenvalue weighted by atomic mass is 19.4. The molecule has 1 heterocycles. The SMILES string of the molecule is CCCCc1c(C(NC(=O)OC(C)(C)C)(C(=O)OC)C(F)(F)F)c(=O)[nH]c2ccc(OC)cc12. The number of aromatic nitrogens is 1. The molecule has 188 valence electrons. The molecule has 11 heteroatoms. The maximum absolute atomic E-state index is 14.8. The van der Waals surface area contributed by atoms with Gasteiger partial charge in [0.25, 0.3) is 11.1 Å². The highest BCUT2D eigenvalue weighted by molar-refractivity contribution is 5.92. The molecule has 2 rings (SSSR count). The summed E-state index contributed by atoms with van der Waals surface area (Å²) in [5.41, 5.74) is -6.98. The summed E-state index contributed by atoms with van der Waals surface area (Å²) in [6.45, 7) is 6.16. The van der Waals surface area contributed by atoms with Crippen LogP contribution in [0.3, 0.4) is 0 Å². The lowest BCUT2D eigenvalue weighted by Crippen LogP contribution is -2.64. The standard InChI is InChI=1S/C23H29F3N2O6/c1-7-8-9-14-15-12-13(32-5)10-11-16(15)27-18(29)17(14)22(19(30)33-6,23(24,25)26)28-20(31)34-21(2,3)4/h10-12H,7-9H2,1-6H3,(H,27,29)(H,28,31). The number of rotatable bonds is 7.